The number of hydrogen-bond acceptors (Lipinski definition) is 4. The zero-order valence-electron chi connectivity index (χ0n) is 15.2. The van der Waals surface area contributed by atoms with Gasteiger partial charge in [-0.25, -0.2) is 4.79 Å². The highest BCUT2D eigenvalue weighted by Gasteiger charge is 2.44. The van der Waals surface area contributed by atoms with E-state index in [4.69, 9.17) is 9.16 Å². The maximum absolute atomic E-state index is 12.3. The SMILES string of the molecule is CC(C)(C)OC(=O)C1CC(O[Si](C)(C)C(C)(C)C)CN1C=O. The molecule has 1 rings (SSSR count). The molecule has 0 N–H and O–H groups in total. The number of nitrogens with zero attached hydrogens (tertiary/aromatic N) is 1. The summed E-state index contributed by atoms with van der Waals surface area (Å²) in [5.74, 6) is -0.346. The smallest absolute Gasteiger partial charge is 0.329 e. The molecule has 2 atom stereocenters. The van der Waals surface area contributed by atoms with Gasteiger partial charge in [-0.15, -0.1) is 0 Å². The van der Waals surface area contributed by atoms with Gasteiger partial charge in [-0.3, -0.25) is 4.79 Å². The van der Waals surface area contributed by atoms with E-state index in [0.717, 1.165) is 6.41 Å². The van der Waals surface area contributed by atoms with Crippen LogP contribution < -0.4 is 0 Å². The average Bonchev–Trinajstić information content (AvgIpc) is 2.67. The monoisotopic (exact) mass is 329 g/mol. The normalized spacial score (nSPS) is 23.5. The van der Waals surface area contributed by atoms with Crippen LogP contribution in [0.5, 0.6) is 0 Å². The zero-order valence-corrected chi connectivity index (χ0v) is 16.2. The van der Waals surface area contributed by atoms with Crippen molar-refractivity contribution in [2.45, 2.75) is 83.8 Å². The van der Waals surface area contributed by atoms with E-state index in [-0.39, 0.29) is 17.1 Å². The molecule has 2 unspecified atom stereocenters. The Hall–Kier alpha value is -0.883. The number of rotatable bonds is 4. The molecule has 0 aromatic rings. The van der Waals surface area contributed by atoms with Crippen molar-refractivity contribution in [1.82, 2.24) is 4.90 Å². The molecule has 0 aromatic carbocycles. The molecule has 1 aliphatic rings. The first-order valence-corrected chi connectivity index (χ1v) is 10.8. The second kappa shape index (κ2) is 6.32. The standard InChI is InChI=1S/C16H31NO4Si/c1-15(2,3)20-14(19)13-9-12(10-17(13)11-18)21-22(7,8)16(4,5)6/h11-13H,9-10H2,1-8H3. The molecule has 1 amide bonds. The molecule has 1 heterocycles. The van der Waals surface area contributed by atoms with Crippen molar-refractivity contribution >= 4 is 20.7 Å². The minimum Gasteiger partial charge on any atom is -0.458 e. The van der Waals surface area contributed by atoms with Crippen LogP contribution in [-0.4, -0.2) is 49.9 Å². The van der Waals surface area contributed by atoms with E-state index >= 15 is 0 Å². The number of hydrogen-bond donors (Lipinski definition) is 0. The summed E-state index contributed by atoms with van der Waals surface area (Å²) in [6, 6.07) is -0.536. The van der Waals surface area contributed by atoms with Crippen LogP contribution in [0, 0.1) is 0 Å². The molecule has 128 valence electrons. The summed E-state index contributed by atoms with van der Waals surface area (Å²) in [7, 11) is -1.92. The van der Waals surface area contributed by atoms with Crippen molar-refractivity contribution in [2.24, 2.45) is 0 Å². The molecule has 0 aromatic heterocycles. The van der Waals surface area contributed by atoms with Gasteiger partial charge in [-0.1, -0.05) is 20.8 Å². The Bertz CT molecular complexity index is 423. The minimum atomic E-state index is -1.92. The van der Waals surface area contributed by atoms with Gasteiger partial charge in [0.1, 0.15) is 11.6 Å². The molecule has 0 bridgehead atoms. The van der Waals surface area contributed by atoms with E-state index in [2.05, 4.69) is 33.9 Å². The predicted molar refractivity (Wildman–Crippen MR) is 89.1 cm³/mol. The number of esters is 1. The van der Waals surface area contributed by atoms with Gasteiger partial charge < -0.3 is 14.1 Å². The Balaban J connectivity index is 2.77. The Labute approximate surface area is 135 Å². The highest BCUT2D eigenvalue weighted by Crippen LogP contribution is 2.38. The van der Waals surface area contributed by atoms with Crippen molar-refractivity contribution in [3.63, 3.8) is 0 Å². The van der Waals surface area contributed by atoms with Gasteiger partial charge in [-0.2, -0.15) is 0 Å². The average molecular weight is 330 g/mol. The largest absolute Gasteiger partial charge is 0.458 e. The van der Waals surface area contributed by atoms with E-state index in [1.807, 2.05) is 20.8 Å². The molecule has 22 heavy (non-hydrogen) atoms. The minimum absolute atomic E-state index is 0.0939. The first kappa shape index (κ1) is 19.2. The van der Waals surface area contributed by atoms with E-state index in [0.29, 0.717) is 13.0 Å². The van der Waals surface area contributed by atoms with Crippen LogP contribution in [0.25, 0.3) is 0 Å². The van der Waals surface area contributed by atoms with Crippen LogP contribution in [0.3, 0.4) is 0 Å². The third-order valence-electron chi connectivity index (χ3n) is 4.38. The van der Waals surface area contributed by atoms with Crippen LogP contribution in [0.1, 0.15) is 48.0 Å². The number of likely N-dealkylation sites (tertiary alicyclic amines) is 1. The van der Waals surface area contributed by atoms with E-state index in [9.17, 15) is 9.59 Å². The fraction of sp³-hybridized carbons (Fsp3) is 0.875. The summed E-state index contributed by atoms with van der Waals surface area (Å²) in [5.41, 5.74) is -0.552. The van der Waals surface area contributed by atoms with Crippen LogP contribution in [-0.2, 0) is 18.8 Å². The molecular formula is C16H31NO4Si. The summed E-state index contributed by atoms with van der Waals surface area (Å²) in [5, 5.41) is 0.100. The second-order valence-electron chi connectivity index (χ2n) is 8.59. The maximum atomic E-state index is 12.3. The topological polar surface area (TPSA) is 55.8 Å². The van der Waals surface area contributed by atoms with Crippen molar-refractivity contribution < 1.29 is 18.8 Å². The molecule has 0 radical (unpaired) electrons. The van der Waals surface area contributed by atoms with Gasteiger partial charge in [0.25, 0.3) is 0 Å². The van der Waals surface area contributed by atoms with Gasteiger partial charge in [0.15, 0.2) is 8.32 Å². The number of amides is 1. The van der Waals surface area contributed by atoms with Crippen LogP contribution in [0.15, 0.2) is 0 Å². The van der Waals surface area contributed by atoms with Crippen molar-refractivity contribution in [2.75, 3.05) is 6.54 Å². The van der Waals surface area contributed by atoms with E-state index in [1.165, 1.54) is 4.90 Å². The molecule has 5 nitrogen and oxygen atoms in total. The zero-order chi connectivity index (χ0) is 17.3. The van der Waals surface area contributed by atoms with Gasteiger partial charge >= 0.3 is 5.97 Å². The number of carbonyl (C=O) groups excluding carboxylic acids is 2. The third kappa shape index (κ3) is 4.81. The number of carbonyl (C=O) groups is 2. The Kier molecular flexibility index (Phi) is 5.50. The molecule has 0 spiro atoms. The highest BCUT2D eigenvalue weighted by molar-refractivity contribution is 6.74. The van der Waals surface area contributed by atoms with Gasteiger partial charge in [-0.05, 0) is 38.9 Å². The molecule has 1 aliphatic heterocycles. The van der Waals surface area contributed by atoms with Gasteiger partial charge in [0.2, 0.25) is 6.41 Å². The summed E-state index contributed by atoms with van der Waals surface area (Å²) in [6.07, 6.45) is 1.15. The fourth-order valence-electron chi connectivity index (χ4n) is 2.22. The quantitative estimate of drug-likeness (QED) is 0.452. The lowest BCUT2D eigenvalue weighted by Gasteiger charge is -2.38. The molecule has 1 fully saturated rings. The summed E-state index contributed by atoms with van der Waals surface area (Å²) in [4.78, 5) is 25.0. The fourth-order valence-corrected chi connectivity index (χ4v) is 3.58. The van der Waals surface area contributed by atoms with E-state index < -0.39 is 20.0 Å². The van der Waals surface area contributed by atoms with Crippen molar-refractivity contribution in [1.29, 1.82) is 0 Å². The second-order valence-corrected chi connectivity index (χ2v) is 13.3. The lowest BCUT2D eigenvalue weighted by atomic mass is 10.1. The van der Waals surface area contributed by atoms with Gasteiger partial charge in [0.05, 0.1) is 6.10 Å². The van der Waals surface area contributed by atoms with Crippen LogP contribution in [0.2, 0.25) is 18.1 Å². The van der Waals surface area contributed by atoms with Crippen LogP contribution in [0.4, 0.5) is 0 Å². The van der Waals surface area contributed by atoms with Crippen LogP contribution >= 0.6 is 0 Å². The van der Waals surface area contributed by atoms with E-state index in [1.54, 1.807) is 0 Å². The summed E-state index contributed by atoms with van der Waals surface area (Å²) >= 11 is 0. The first-order chi connectivity index (χ1) is 9.77. The first-order valence-electron chi connectivity index (χ1n) is 7.88. The number of ether oxygens (including phenoxy) is 1. The predicted octanol–water partition coefficient (Wildman–Crippen LogP) is 2.95. The molecule has 0 saturated carbocycles. The molecule has 6 heteroatoms. The Morgan fingerprint density at radius 2 is 1.73 bits per heavy atom. The molecular weight excluding hydrogens is 298 g/mol. The summed E-state index contributed by atoms with van der Waals surface area (Å²) < 4.78 is 11.8. The maximum Gasteiger partial charge on any atom is 0.329 e. The lowest BCUT2D eigenvalue weighted by Crippen LogP contribution is -2.44. The Morgan fingerprint density at radius 1 is 1.18 bits per heavy atom. The van der Waals surface area contributed by atoms with Gasteiger partial charge in [0, 0.05) is 13.0 Å². The summed E-state index contributed by atoms with van der Waals surface area (Å²) in [6.45, 7) is 16.8. The molecule has 0 aliphatic carbocycles. The highest BCUT2D eigenvalue weighted by atomic mass is 28.4. The Morgan fingerprint density at radius 3 is 2.14 bits per heavy atom. The lowest BCUT2D eigenvalue weighted by molar-refractivity contribution is -0.161. The van der Waals surface area contributed by atoms with Crippen molar-refractivity contribution in [3.05, 3.63) is 0 Å². The van der Waals surface area contributed by atoms with Crippen molar-refractivity contribution in [3.8, 4) is 0 Å². The third-order valence-corrected chi connectivity index (χ3v) is 8.92. The molecule has 1 saturated heterocycles.